The summed E-state index contributed by atoms with van der Waals surface area (Å²) in [7, 11) is 0. The van der Waals surface area contributed by atoms with Gasteiger partial charge in [0.05, 0.1) is 4.88 Å². The van der Waals surface area contributed by atoms with Crippen molar-refractivity contribution in [2.24, 2.45) is 0 Å². The molecule has 2 rings (SSSR count). The third-order valence-electron chi connectivity index (χ3n) is 2.97. The number of hydrogen-bond donors (Lipinski definition) is 2. The molecule has 0 saturated heterocycles. The summed E-state index contributed by atoms with van der Waals surface area (Å²) in [5, 5.41) is 8.25. The summed E-state index contributed by atoms with van der Waals surface area (Å²) in [6.07, 6.45) is 4.11. The number of amides is 1. The first-order chi connectivity index (χ1) is 8.31. The molecule has 0 saturated carbocycles. The SMILES string of the molecule is CCc1ccsc1C(=O)NCC1=CCNCC1.Cl. The Kier molecular flexibility index (Phi) is 6.39. The van der Waals surface area contributed by atoms with E-state index in [9.17, 15) is 4.79 Å². The normalized spacial score (nSPS) is 14.6. The average Bonchev–Trinajstić information content (AvgIpc) is 2.85. The van der Waals surface area contributed by atoms with Crippen LogP contribution in [0.3, 0.4) is 0 Å². The lowest BCUT2D eigenvalue weighted by Gasteiger charge is -2.14. The summed E-state index contributed by atoms with van der Waals surface area (Å²) < 4.78 is 0. The molecule has 1 amide bonds. The molecule has 2 N–H and O–H groups in total. The van der Waals surface area contributed by atoms with Gasteiger partial charge in [-0.05, 0) is 36.4 Å². The maximum absolute atomic E-state index is 12.0. The Morgan fingerprint density at radius 2 is 2.39 bits per heavy atom. The van der Waals surface area contributed by atoms with Crippen LogP contribution < -0.4 is 10.6 Å². The summed E-state index contributed by atoms with van der Waals surface area (Å²) in [4.78, 5) is 12.8. The monoisotopic (exact) mass is 286 g/mol. The molecule has 0 atom stereocenters. The van der Waals surface area contributed by atoms with E-state index in [4.69, 9.17) is 0 Å². The van der Waals surface area contributed by atoms with Gasteiger partial charge in [-0.3, -0.25) is 4.79 Å². The zero-order valence-corrected chi connectivity index (χ0v) is 12.1. The highest BCUT2D eigenvalue weighted by atomic mass is 35.5. The van der Waals surface area contributed by atoms with Gasteiger partial charge in [-0.25, -0.2) is 0 Å². The zero-order chi connectivity index (χ0) is 12.1. The van der Waals surface area contributed by atoms with Crippen molar-refractivity contribution in [2.45, 2.75) is 19.8 Å². The summed E-state index contributed by atoms with van der Waals surface area (Å²) in [5.41, 5.74) is 2.47. The quantitative estimate of drug-likeness (QED) is 0.835. The second-order valence-electron chi connectivity index (χ2n) is 4.13. The van der Waals surface area contributed by atoms with Gasteiger partial charge in [0.25, 0.3) is 5.91 Å². The molecule has 1 aromatic rings. The third kappa shape index (κ3) is 3.83. The molecule has 0 fully saturated rings. The number of nitrogens with one attached hydrogen (secondary N) is 2. The minimum atomic E-state index is 0. The fraction of sp³-hybridized carbons (Fsp3) is 0.462. The van der Waals surface area contributed by atoms with E-state index < -0.39 is 0 Å². The molecule has 0 radical (unpaired) electrons. The fourth-order valence-electron chi connectivity index (χ4n) is 1.92. The van der Waals surface area contributed by atoms with Crippen LogP contribution in [-0.2, 0) is 6.42 Å². The van der Waals surface area contributed by atoms with Crippen LogP contribution in [-0.4, -0.2) is 25.5 Å². The van der Waals surface area contributed by atoms with Gasteiger partial charge in [0.1, 0.15) is 0 Å². The van der Waals surface area contributed by atoms with Crippen molar-refractivity contribution in [1.82, 2.24) is 10.6 Å². The summed E-state index contributed by atoms with van der Waals surface area (Å²) in [5.74, 6) is 0.0660. The van der Waals surface area contributed by atoms with Gasteiger partial charge < -0.3 is 10.6 Å². The third-order valence-corrected chi connectivity index (χ3v) is 3.92. The molecule has 0 aromatic carbocycles. The lowest BCUT2D eigenvalue weighted by Crippen LogP contribution is -2.29. The molecular formula is C13H19ClN2OS. The Hall–Kier alpha value is -0.840. The smallest absolute Gasteiger partial charge is 0.261 e. The number of thiophene rings is 1. The van der Waals surface area contributed by atoms with Gasteiger partial charge in [-0.15, -0.1) is 23.7 Å². The number of rotatable bonds is 4. The first kappa shape index (κ1) is 15.2. The first-order valence-corrected chi connectivity index (χ1v) is 6.92. The van der Waals surface area contributed by atoms with Crippen molar-refractivity contribution in [3.05, 3.63) is 33.5 Å². The van der Waals surface area contributed by atoms with Crippen molar-refractivity contribution in [1.29, 1.82) is 0 Å². The first-order valence-electron chi connectivity index (χ1n) is 6.04. The molecule has 0 aliphatic carbocycles. The Balaban J connectivity index is 0.00000162. The van der Waals surface area contributed by atoms with Crippen LogP contribution in [0.5, 0.6) is 0 Å². The second-order valence-corrected chi connectivity index (χ2v) is 5.04. The predicted molar refractivity (Wildman–Crippen MR) is 78.8 cm³/mol. The Bertz CT molecular complexity index is 428. The van der Waals surface area contributed by atoms with E-state index in [1.54, 1.807) is 0 Å². The van der Waals surface area contributed by atoms with Crippen LogP contribution in [0.15, 0.2) is 23.1 Å². The Morgan fingerprint density at radius 1 is 1.56 bits per heavy atom. The Morgan fingerprint density at radius 3 is 3.06 bits per heavy atom. The van der Waals surface area contributed by atoms with E-state index in [1.165, 1.54) is 16.9 Å². The van der Waals surface area contributed by atoms with Crippen LogP contribution in [0, 0.1) is 0 Å². The van der Waals surface area contributed by atoms with Crippen LogP contribution in [0.25, 0.3) is 0 Å². The molecule has 1 aliphatic rings. The summed E-state index contributed by atoms with van der Waals surface area (Å²) >= 11 is 1.52. The van der Waals surface area contributed by atoms with E-state index in [0.29, 0.717) is 6.54 Å². The van der Waals surface area contributed by atoms with E-state index in [1.807, 2.05) is 11.4 Å². The van der Waals surface area contributed by atoms with Crippen molar-refractivity contribution >= 4 is 29.7 Å². The van der Waals surface area contributed by atoms with Crippen LogP contribution >= 0.6 is 23.7 Å². The van der Waals surface area contributed by atoms with Crippen LogP contribution in [0.4, 0.5) is 0 Å². The molecular weight excluding hydrogens is 268 g/mol. The van der Waals surface area contributed by atoms with E-state index in [0.717, 1.165) is 36.4 Å². The maximum Gasteiger partial charge on any atom is 0.261 e. The molecule has 0 bridgehead atoms. The van der Waals surface area contributed by atoms with E-state index >= 15 is 0 Å². The predicted octanol–water partition coefficient (Wildman–Crippen LogP) is 2.38. The van der Waals surface area contributed by atoms with Crippen molar-refractivity contribution in [3.63, 3.8) is 0 Å². The van der Waals surface area contributed by atoms with Gasteiger partial charge in [-0.1, -0.05) is 18.6 Å². The van der Waals surface area contributed by atoms with Crippen molar-refractivity contribution in [2.75, 3.05) is 19.6 Å². The van der Waals surface area contributed by atoms with Gasteiger partial charge in [0, 0.05) is 13.1 Å². The number of carbonyl (C=O) groups excluding carboxylic acids is 1. The van der Waals surface area contributed by atoms with E-state index in [2.05, 4.69) is 23.6 Å². The molecule has 1 aromatic heterocycles. The Labute approximate surface area is 118 Å². The minimum absolute atomic E-state index is 0. The average molecular weight is 287 g/mol. The number of hydrogen-bond acceptors (Lipinski definition) is 3. The summed E-state index contributed by atoms with van der Waals surface area (Å²) in [6, 6.07) is 2.03. The van der Waals surface area contributed by atoms with Gasteiger partial charge in [-0.2, -0.15) is 0 Å². The molecule has 1 aliphatic heterocycles. The standard InChI is InChI=1S/C13H18N2OS.ClH/c1-2-11-5-8-17-12(11)13(16)15-9-10-3-6-14-7-4-10;/h3,5,8,14H,2,4,6-7,9H2,1H3,(H,15,16);1H. The maximum atomic E-state index is 12.0. The highest BCUT2D eigenvalue weighted by Gasteiger charge is 2.12. The van der Waals surface area contributed by atoms with Gasteiger partial charge >= 0.3 is 0 Å². The number of carbonyl (C=O) groups is 1. The van der Waals surface area contributed by atoms with Crippen LogP contribution in [0.2, 0.25) is 0 Å². The molecule has 2 heterocycles. The lowest BCUT2D eigenvalue weighted by atomic mass is 10.1. The molecule has 3 nitrogen and oxygen atoms in total. The molecule has 18 heavy (non-hydrogen) atoms. The highest BCUT2D eigenvalue weighted by molar-refractivity contribution is 7.12. The van der Waals surface area contributed by atoms with E-state index in [-0.39, 0.29) is 18.3 Å². The van der Waals surface area contributed by atoms with Crippen molar-refractivity contribution < 1.29 is 4.79 Å². The fourth-order valence-corrected chi connectivity index (χ4v) is 2.83. The van der Waals surface area contributed by atoms with Crippen LogP contribution in [0.1, 0.15) is 28.6 Å². The highest BCUT2D eigenvalue weighted by Crippen LogP contribution is 2.17. The number of aryl methyl sites for hydroxylation is 1. The molecule has 0 spiro atoms. The van der Waals surface area contributed by atoms with Gasteiger partial charge in [0.2, 0.25) is 0 Å². The molecule has 0 unspecified atom stereocenters. The minimum Gasteiger partial charge on any atom is -0.348 e. The number of halogens is 1. The molecule has 5 heteroatoms. The zero-order valence-electron chi connectivity index (χ0n) is 10.5. The second kappa shape index (κ2) is 7.56. The van der Waals surface area contributed by atoms with Gasteiger partial charge in [0.15, 0.2) is 0 Å². The topological polar surface area (TPSA) is 41.1 Å². The molecule has 100 valence electrons. The summed E-state index contributed by atoms with van der Waals surface area (Å²) in [6.45, 7) is 4.70. The lowest BCUT2D eigenvalue weighted by molar-refractivity contribution is 0.0960. The van der Waals surface area contributed by atoms with Crippen molar-refractivity contribution in [3.8, 4) is 0 Å². The largest absolute Gasteiger partial charge is 0.348 e.